The van der Waals surface area contributed by atoms with E-state index in [0.717, 1.165) is 24.0 Å². The van der Waals surface area contributed by atoms with Crippen molar-refractivity contribution in [2.75, 3.05) is 19.3 Å². The number of nitrogens with two attached hydrogens (primary N) is 1. The number of nitrogens with zero attached hydrogens (tertiary/aromatic N) is 3. The lowest BCUT2D eigenvalue weighted by atomic mass is 10.3. The van der Waals surface area contributed by atoms with Crippen molar-refractivity contribution >= 4 is 11.6 Å². The second-order valence-corrected chi connectivity index (χ2v) is 4.06. The Hall–Kier alpha value is -2.06. The number of nitrogen functional groups attached to an aromatic ring is 1. The Morgan fingerprint density at radius 2 is 2.16 bits per heavy atom. The maximum atomic E-state index is 12.2. The van der Waals surface area contributed by atoms with Crippen LogP contribution in [0.1, 0.15) is 13.0 Å². The van der Waals surface area contributed by atoms with E-state index in [1.807, 2.05) is 0 Å². The van der Waals surface area contributed by atoms with Gasteiger partial charge in [0.25, 0.3) is 5.56 Å². The van der Waals surface area contributed by atoms with Gasteiger partial charge in [-0.05, 0) is 6.92 Å². The van der Waals surface area contributed by atoms with Gasteiger partial charge in [0.1, 0.15) is 12.6 Å². The smallest absolute Gasteiger partial charge is 0.397 e. The SMILES string of the molecule is C[C@H](C(=O)N(C)CC(F)(F)F)n1ncc(N)cc1=O. The number of aromatic nitrogens is 2. The molecule has 0 unspecified atom stereocenters. The van der Waals surface area contributed by atoms with Gasteiger partial charge in [0.05, 0.1) is 11.9 Å². The number of halogens is 3. The van der Waals surface area contributed by atoms with E-state index in [0.29, 0.717) is 4.90 Å². The van der Waals surface area contributed by atoms with Crippen LogP contribution in [0, 0.1) is 0 Å². The highest BCUT2D eigenvalue weighted by Gasteiger charge is 2.33. The first-order chi connectivity index (χ1) is 8.61. The van der Waals surface area contributed by atoms with E-state index in [2.05, 4.69) is 5.10 Å². The van der Waals surface area contributed by atoms with Crippen LogP contribution in [0.4, 0.5) is 18.9 Å². The number of carbonyl (C=O) groups is 1. The molecule has 0 saturated heterocycles. The molecule has 0 spiro atoms. The molecule has 0 aromatic carbocycles. The van der Waals surface area contributed by atoms with Gasteiger partial charge in [-0.1, -0.05) is 0 Å². The molecule has 106 valence electrons. The van der Waals surface area contributed by atoms with Crippen LogP contribution in [-0.4, -0.2) is 40.4 Å². The molecule has 6 nitrogen and oxygen atoms in total. The third-order valence-electron chi connectivity index (χ3n) is 2.36. The van der Waals surface area contributed by atoms with Crippen LogP contribution in [0.2, 0.25) is 0 Å². The molecule has 2 N–H and O–H groups in total. The van der Waals surface area contributed by atoms with E-state index in [4.69, 9.17) is 5.73 Å². The standard InChI is InChI=1S/C10H13F3N4O2/c1-6(9(19)16(2)5-10(11,12)13)17-8(18)3-7(14)4-15-17/h3-4,6H,5,14H2,1-2H3/t6-/m1/s1. The normalized spacial score (nSPS) is 13.1. The van der Waals surface area contributed by atoms with E-state index in [1.165, 1.54) is 6.92 Å². The van der Waals surface area contributed by atoms with Gasteiger partial charge in [0, 0.05) is 13.1 Å². The summed E-state index contributed by atoms with van der Waals surface area (Å²) >= 11 is 0. The highest BCUT2D eigenvalue weighted by Crippen LogP contribution is 2.17. The number of rotatable bonds is 3. The summed E-state index contributed by atoms with van der Waals surface area (Å²) in [6.45, 7) is -0.0975. The fourth-order valence-corrected chi connectivity index (χ4v) is 1.49. The first-order valence-electron chi connectivity index (χ1n) is 5.28. The van der Waals surface area contributed by atoms with Crippen molar-refractivity contribution in [3.63, 3.8) is 0 Å². The summed E-state index contributed by atoms with van der Waals surface area (Å²) in [5.41, 5.74) is 4.79. The van der Waals surface area contributed by atoms with Gasteiger partial charge >= 0.3 is 6.18 Å². The third kappa shape index (κ3) is 3.97. The molecule has 19 heavy (non-hydrogen) atoms. The lowest BCUT2D eigenvalue weighted by molar-refractivity contribution is -0.160. The lowest BCUT2D eigenvalue weighted by Gasteiger charge is -2.22. The van der Waals surface area contributed by atoms with Crippen molar-refractivity contribution in [1.29, 1.82) is 0 Å². The largest absolute Gasteiger partial charge is 0.406 e. The van der Waals surface area contributed by atoms with Gasteiger partial charge in [-0.25, -0.2) is 4.68 Å². The van der Waals surface area contributed by atoms with Gasteiger partial charge in [-0.2, -0.15) is 18.3 Å². The Morgan fingerprint density at radius 3 is 2.63 bits per heavy atom. The van der Waals surface area contributed by atoms with Crippen molar-refractivity contribution in [2.45, 2.75) is 19.1 Å². The molecule has 1 rings (SSSR count). The maximum Gasteiger partial charge on any atom is 0.406 e. The quantitative estimate of drug-likeness (QED) is 0.868. The number of hydrogen-bond donors (Lipinski definition) is 1. The van der Waals surface area contributed by atoms with Crippen molar-refractivity contribution < 1.29 is 18.0 Å². The zero-order valence-electron chi connectivity index (χ0n) is 10.3. The molecule has 1 aromatic heterocycles. The maximum absolute atomic E-state index is 12.2. The average Bonchev–Trinajstić information content (AvgIpc) is 2.24. The van der Waals surface area contributed by atoms with Crippen LogP contribution in [0.3, 0.4) is 0 Å². The average molecular weight is 278 g/mol. The predicted octanol–water partition coefficient (Wildman–Crippen LogP) is 0.407. The summed E-state index contributed by atoms with van der Waals surface area (Å²) in [6.07, 6.45) is -3.35. The molecule has 0 radical (unpaired) electrons. The zero-order valence-corrected chi connectivity index (χ0v) is 10.3. The first kappa shape index (κ1) is 15.0. The Balaban J connectivity index is 2.91. The van der Waals surface area contributed by atoms with Gasteiger partial charge in [-0.3, -0.25) is 9.59 Å². The number of hydrogen-bond acceptors (Lipinski definition) is 4. The predicted molar refractivity (Wildman–Crippen MR) is 61.3 cm³/mol. The highest BCUT2D eigenvalue weighted by molar-refractivity contribution is 5.79. The summed E-state index contributed by atoms with van der Waals surface area (Å²) in [5.74, 6) is -0.864. The van der Waals surface area contributed by atoms with Crippen molar-refractivity contribution in [3.8, 4) is 0 Å². The molecule has 0 saturated carbocycles. The minimum Gasteiger partial charge on any atom is -0.397 e. The molecule has 0 aliphatic rings. The lowest BCUT2D eigenvalue weighted by Crippen LogP contribution is -2.42. The Bertz CT molecular complexity index is 526. The molecular formula is C10H13F3N4O2. The number of alkyl halides is 3. The number of anilines is 1. The molecule has 1 heterocycles. The molecule has 1 aromatic rings. The summed E-state index contributed by atoms with van der Waals surface area (Å²) < 4.78 is 37.3. The number of likely N-dealkylation sites (N-methyl/N-ethyl adjacent to an activating group) is 1. The molecular weight excluding hydrogens is 265 g/mol. The molecule has 1 amide bonds. The zero-order chi connectivity index (χ0) is 14.8. The molecule has 0 bridgehead atoms. The Labute approximate surface area is 106 Å². The second kappa shape index (κ2) is 5.29. The minimum atomic E-state index is -4.50. The molecule has 0 aliphatic heterocycles. The fraction of sp³-hybridized carbons (Fsp3) is 0.500. The Morgan fingerprint density at radius 1 is 1.58 bits per heavy atom. The van der Waals surface area contributed by atoms with Gasteiger partial charge in [0.15, 0.2) is 0 Å². The van der Waals surface area contributed by atoms with E-state index in [1.54, 1.807) is 0 Å². The topological polar surface area (TPSA) is 81.2 Å². The van der Waals surface area contributed by atoms with E-state index in [-0.39, 0.29) is 5.69 Å². The van der Waals surface area contributed by atoms with E-state index in [9.17, 15) is 22.8 Å². The van der Waals surface area contributed by atoms with Crippen LogP contribution < -0.4 is 11.3 Å². The highest BCUT2D eigenvalue weighted by atomic mass is 19.4. The molecule has 1 atom stereocenters. The van der Waals surface area contributed by atoms with E-state index < -0.39 is 30.2 Å². The number of carbonyl (C=O) groups excluding carboxylic acids is 1. The van der Waals surface area contributed by atoms with E-state index >= 15 is 0 Å². The molecule has 0 fully saturated rings. The van der Waals surface area contributed by atoms with Gasteiger partial charge < -0.3 is 10.6 Å². The summed E-state index contributed by atoms with van der Waals surface area (Å²) in [6, 6.07) is -0.0963. The summed E-state index contributed by atoms with van der Waals surface area (Å²) in [5, 5.41) is 3.63. The fourth-order valence-electron chi connectivity index (χ4n) is 1.49. The van der Waals surface area contributed by atoms with Crippen LogP contribution in [0.15, 0.2) is 17.1 Å². The Kier molecular flexibility index (Phi) is 4.17. The van der Waals surface area contributed by atoms with Crippen molar-refractivity contribution in [3.05, 3.63) is 22.6 Å². The number of amides is 1. The summed E-state index contributed by atoms with van der Waals surface area (Å²) in [7, 11) is 1.01. The molecule has 9 heteroatoms. The minimum absolute atomic E-state index is 0.115. The first-order valence-corrected chi connectivity index (χ1v) is 5.28. The van der Waals surface area contributed by atoms with Crippen LogP contribution >= 0.6 is 0 Å². The summed E-state index contributed by atoms with van der Waals surface area (Å²) in [4.78, 5) is 23.8. The van der Waals surface area contributed by atoms with Crippen molar-refractivity contribution in [1.82, 2.24) is 14.7 Å². The third-order valence-corrected chi connectivity index (χ3v) is 2.36. The van der Waals surface area contributed by atoms with Gasteiger partial charge in [0.2, 0.25) is 5.91 Å². The van der Waals surface area contributed by atoms with Crippen LogP contribution in [-0.2, 0) is 4.79 Å². The van der Waals surface area contributed by atoms with Crippen LogP contribution in [0.25, 0.3) is 0 Å². The molecule has 0 aliphatic carbocycles. The van der Waals surface area contributed by atoms with Crippen molar-refractivity contribution in [2.24, 2.45) is 0 Å². The van der Waals surface area contributed by atoms with Gasteiger partial charge in [-0.15, -0.1) is 0 Å². The second-order valence-electron chi connectivity index (χ2n) is 4.06. The van der Waals surface area contributed by atoms with Crippen LogP contribution in [0.5, 0.6) is 0 Å². The monoisotopic (exact) mass is 278 g/mol.